The standard InChI is InChI=1S/C32H36F3N5OS/c1-22(2)12-13-40-23(3)27(30(41)39-16-14-38(15-17-39)20-24-8-5-4-6-9-24)19-29(40)28-21-42-31(37-28)36-26-11-7-10-25(18-26)32(33,34)35/h4-11,18-19,21-22H,12-17,20H2,1-3H3,(H,36,37). The largest absolute Gasteiger partial charge is 0.416 e. The van der Waals surface area contributed by atoms with Crippen molar-refractivity contribution in [2.24, 2.45) is 5.92 Å². The number of benzene rings is 2. The summed E-state index contributed by atoms with van der Waals surface area (Å²) in [5, 5.41) is 5.38. The maximum absolute atomic E-state index is 13.8. The quantitative estimate of drug-likeness (QED) is 0.216. The van der Waals surface area contributed by atoms with E-state index in [-0.39, 0.29) is 5.91 Å². The molecule has 222 valence electrons. The van der Waals surface area contributed by atoms with Gasteiger partial charge in [0.1, 0.15) is 0 Å². The lowest BCUT2D eigenvalue weighted by Crippen LogP contribution is -2.48. The van der Waals surface area contributed by atoms with Crippen molar-refractivity contribution in [3.8, 4) is 11.4 Å². The molecular weight excluding hydrogens is 559 g/mol. The predicted octanol–water partition coefficient (Wildman–Crippen LogP) is 7.69. The summed E-state index contributed by atoms with van der Waals surface area (Å²) >= 11 is 1.32. The molecule has 0 bridgehead atoms. The first kappa shape index (κ1) is 29.8. The molecule has 0 unspecified atom stereocenters. The second kappa shape index (κ2) is 12.7. The molecule has 0 spiro atoms. The Morgan fingerprint density at radius 3 is 2.45 bits per heavy atom. The highest BCUT2D eigenvalue weighted by atomic mass is 32.1. The van der Waals surface area contributed by atoms with Crippen LogP contribution in [0.1, 0.15) is 47.4 Å². The van der Waals surface area contributed by atoms with E-state index in [0.29, 0.717) is 41.1 Å². The van der Waals surface area contributed by atoms with Crippen LogP contribution in [0.5, 0.6) is 0 Å². The van der Waals surface area contributed by atoms with E-state index in [9.17, 15) is 18.0 Å². The fraction of sp³-hybridized carbons (Fsp3) is 0.375. The van der Waals surface area contributed by atoms with Crippen molar-refractivity contribution in [2.75, 3.05) is 31.5 Å². The van der Waals surface area contributed by atoms with E-state index in [2.05, 4.69) is 40.8 Å². The van der Waals surface area contributed by atoms with Gasteiger partial charge >= 0.3 is 6.18 Å². The highest BCUT2D eigenvalue weighted by Crippen LogP contribution is 2.34. The van der Waals surface area contributed by atoms with Crippen molar-refractivity contribution in [3.05, 3.63) is 88.4 Å². The van der Waals surface area contributed by atoms with Gasteiger partial charge in [0, 0.05) is 56.0 Å². The summed E-state index contributed by atoms with van der Waals surface area (Å²) in [6.07, 6.45) is -3.48. The third kappa shape index (κ3) is 7.04. The van der Waals surface area contributed by atoms with Crippen molar-refractivity contribution < 1.29 is 18.0 Å². The molecule has 2 aromatic heterocycles. The number of hydrogen-bond donors (Lipinski definition) is 1. The minimum absolute atomic E-state index is 0.0222. The average Bonchev–Trinajstić information content (AvgIpc) is 3.56. The Hall–Kier alpha value is -3.63. The molecule has 0 aliphatic carbocycles. The first-order valence-corrected chi connectivity index (χ1v) is 15.1. The van der Waals surface area contributed by atoms with E-state index < -0.39 is 11.7 Å². The van der Waals surface area contributed by atoms with Crippen LogP contribution in [0.15, 0.2) is 66.0 Å². The number of carbonyl (C=O) groups is 1. The van der Waals surface area contributed by atoms with Crippen LogP contribution in [0.25, 0.3) is 11.4 Å². The van der Waals surface area contributed by atoms with E-state index in [1.807, 2.05) is 41.5 Å². The number of halogens is 3. The Kier molecular flexibility index (Phi) is 9.03. The van der Waals surface area contributed by atoms with Crippen molar-refractivity contribution in [1.82, 2.24) is 19.4 Å². The maximum atomic E-state index is 13.8. The Morgan fingerprint density at radius 1 is 1.02 bits per heavy atom. The van der Waals surface area contributed by atoms with E-state index in [1.54, 1.807) is 6.07 Å². The number of alkyl halides is 3. The summed E-state index contributed by atoms with van der Waals surface area (Å²) in [7, 11) is 0. The van der Waals surface area contributed by atoms with Crippen LogP contribution in [-0.4, -0.2) is 51.4 Å². The molecule has 3 heterocycles. The van der Waals surface area contributed by atoms with Crippen LogP contribution in [0.2, 0.25) is 0 Å². The molecular formula is C32H36F3N5OS. The molecule has 1 saturated heterocycles. The van der Waals surface area contributed by atoms with Gasteiger partial charge in [-0.1, -0.05) is 50.2 Å². The molecule has 0 saturated carbocycles. The first-order valence-electron chi connectivity index (χ1n) is 14.2. The number of piperazine rings is 1. The number of nitrogens with one attached hydrogen (secondary N) is 1. The molecule has 1 N–H and O–H groups in total. The van der Waals surface area contributed by atoms with Gasteiger partial charge in [-0.2, -0.15) is 13.2 Å². The minimum atomic E-state index is -4.42. The molecule has 6 nitrogen and oxygen atoms in total. The number of rotatable bonds is 9. The van der Waals surface area contributed by atoms with Gasteiger partial charge in [0.15, 0.2) is 5.13 Å². The Bertz CT molecular complexity index is 1500. The zero-order chi connectivity index (χ0) is 29.9. The molecule has 0 radical (unpaired) electrons. The zero-order valence-electron chi connectivity index (χ0n) is 24.1. The highest BCUT2D eigenvalue weighted by Gasteiger charge is 2.30. The van der Waals surface area contributed by atoms with E-state index in [0.717, 1.165) is 56.1 Å². The Balaban J connectivity index is 1.34. The van der Waals surface area contributed by atoms with Crippen LogP contribution in [-0.2, 0) is 19.3 Å². The molecule has 1 aliphatic heterocycles. The zero-order valence-corrected chi connectivity index (χ0v) is 24.9. The molecule has 2 aromatic carbocycles. The van der Waals surface area contributed by atoms with E-state index >= 15 is 0 Å². The molecule has 10 heteroatoms. The number of aromatic nitrogens is 2. The number of hydrogen-bond acceptors (Lipinski definition) is 5. The lowest BCUT2D eigenvalue weighted by atomic mass is 10.1. The normalized spacial score (nSPS) is 14.5. The van der Waals surface area contributed by atoms with Gasteiger partial charge in [-0.15, -0.1) is 11.3 Å². The molecule has 0 atom stereocenters. The van der Waals surface area contributed by atoms with Crippen LogP contribution in [0.3, 0.4) is 0 Å². The van der Waals surface area contributed by atoms with Crippen LogP contribution in [0.4, 0.5) is 24.0 Å². The van der Waals surface area contributed by atoms with Crippen molar-refractivity contribution in [1.29, 1.82) is 0 Å². The van der Waals surface area contributed by atoms with Gasteiger partial charge in [-0.05, 0) is 49.1 Å². The molecule has 1 fully saturated rings. The summed E-state index contributed by atoms with van der Waals surface area (Å²) in [5.41, 5.74) is 3.98. The summed E-state index contributed by atoms with van der Waals surface area (Å²) in [5.74, 6) is 0.499. The molecule has 5 rings (SSSR count). The molecule has 1 aliphatic rings. The third-order valence-electron chi connectivity index (χ3n) is 7.64. The molecule has 42 heavy (non-hydrogen) atoms. The highest BCUT2D eigenvalue weighted by molar-refractivity contribution is 7.14. The Morgan fingerprint density at radius 2 is 1.76 bits per heavy atom. The van der Waals surface area contributed by atoms with Gasteiger partial charge in [0.2, 0.25) is 0 Å². The first-order chi connectivity index (χ1) is 20.1. The number of nitrogens with zero attached hydrogens (tertiary/aromatic N) is 4. The predicted molar refractivity (Wildman–Crippen MR) is 162 cm³/mol. The lowest BCUT2D eigenvalue weighted by Gasteiger charge is -2.34. The third-order valence-corrected chi connectivity index (χ3v) is 8.40. The topological polar surface area (TPSA) is 53.4 Å². The number of amides is 1. The van der Waals surface area contributed by atoms with E-state index in [4.69, 9.17) is 4.98 Å². The second-order valence-electron chi connectivity index (χ2n) is 11.2. The lowest BCUT2D eigenvalue weighted by molar-refractivity contribution is -0.137. The minimum Gasteiger partial charge on any atom is -0.343 e. The number of anilines is 2. The SMILES string of the molecule is Cc1c(C(=O)N2CCN(Cc3ccccc3)CC2)cc(-c2csc(Nc3cccc(C(F)(F)F)c3)n2)n1CCC(C)C. The molecule has 4 aromatic rings. The fourth-order valence-electron chi connectivity index (χ4n) is 5.22. The van der Waals surface area contributed by atoms with Crippen molar-refractivity contribution >= 4 is 28.1 Å². The van der Waals surface area contributed by atoms with Gasteiger partial charge in [-0.3, -0.25) is 9.69 Å². The summed E-state index contributed by atoms with van der Waals surface area (Å²) in [6, 6.07) is 17.4. The second-order valence-corrected chi connectivity index (χ2v) is 12.0. The average molecular weight is 596 g/mol. The molecule has 1 amide bonds. The maximum Gasteiger partial charge on any atom is 0.416 e. The summed E-state index contributed by atoms with van der Waals surface area (Å²) in [4.78, 5) is 22.8. The monoisotopic (exact) mass is 595 g/mol. The van der Waals surface area contributed by atoms with Crippen molar-refractivity contribution in [2.45, 2.75) is 46.5 Å². The summed E-state index contributed by atoms with van der Waals surface area (Å²) < 4.78 is 41.7. The van der Waals surface area contributed by atoms with Gasteiger partial charge in [-0.25, -0.2) is 4.98 Å². The van der Waals surface area contributed by atoms with Gasteiger partial charge in [0.25, 0.3) is 5.91 Å². The Labute approximate surface area is 248 Å². The number of carbonyl (C=O) groups excluding carboxylic acids is 1. The van der Waals surface area contributed by atoms with Crippen LogP contribution < -0.4 is 5.32 Å². The smallest absolute Gasteiger partial charge is 0.343 e. The van der Waals surface area contributed by atoms with Crippen LogP contribution in [0, 0.1) is 12.8 Å². The summed E-state index contributed by atoms with van der Waals surface area (Å²) in [6.45, 7) is 10.9. The van der Waals surface area contributed by atoms with E-state index in [1.165, 1.54) is 23.0 Å². The fourth-order valence-corrected chi connectivity index (χ4v) is 5.94. The van der Waals surface area contributed by atoms with Gasteiger partial charge < -0.3 is 14.8 Å². The van der Waals surface area contributed by atoms with Crippen molar-refractivity contribution in [3.63, 3.8) is 0 Å². The van der Waals surface area contributed by atoms with Gasteiger partial charge in [0.05, 0.1) is 22.5 Å². The number of thiazole rings is 1. The van der Waals surface area contributed by atoms with Crippen LogP contribution >= 0.6 is 11.3 Å².